The van der Waals surface area contributed by atoms with Crippen LogP contribution in [0, 0.1) is 0 Å². The Hall–Kier alpha value is -2.15. The van der Waals surface area contributed by atoms with Crippen LogP contribution in [0.3, 0.4) is 0 Å². The van der Waals surface area contributed by atoms with Crippen molar-refractivity contribution < 1.29 is 4.79 Å². The van der Waals surface area contributed by atoms with E-state index in [1.54, 1.807) is 24.6 Å². The number of nitrogens with zero attached hydrogens (tertiary/aromatic N) is 5. The molecule has 3 aromatic heterocycles. The van der Waals surface area contributed by atoms with Crippen LogP contribution in [-0.2, 0) is 13.5 Å². The number of hydrogen-bond donors (Lipinski definition) is 0. The van der Waals surface area contributed by atoms with Crippen LogP contribution in [0.5, 0.6) is 0 Å². The van der Waals surface area contributed by atoms with Crippen molar-refractivity contribution >= 4 is 27.3 Å². The third kappa shape index (κ3) is 2.00. The summed E-state index contributed by atoms with van der Waals surface area (Å²) in [6.07, 6.45) is 1.74. The van der Waals surface area contributed by atoms with E-state index in [0.717, 1.165) is 10.2 Å². The Bertz CT molecular complexity index is 717. The number of tetrazole rings is 1. The Balaban J connectivity index is 1.87. The molecule has 0 spiro atoms. The van der Waals surface area contributed by atoms with E-state index in [-0.39, 0.29) is 12.2 Å². The second kappa shape index (κ2) is 4.26. The smallest absolute Gasteiger partial charge is 0.182 e. The Morgan fingerprint density at radius 1 is 1.50 bits per heavy atom. The number of aryl methyl sites for hydroxylation is 1. The van der Waals surface area contributed by atoms with Gasteiger partial charge in [-0.3, -0.25) is 9.78 Å². The van der Waals surface area contributed by atoms with Crippen molar-refractivity contribution in [1.29, 1.82) is 0 Å². The zero-order valence-corrected chi connectivity index (χ0v) is 10.4. The largest absolute Gasteiger partial charge is 0.294 e. The Kier molecular flexibility index (Phi) is 2.60. The molecule has 90 valence electrons. The molecule has 0 saturated carbocycles. The van der Waals surface area contributed by atoms with Crippen molar-refractivity contribution in [2.75, 3.05) is 0 Å². The monoisotopic (exact) mass is 259 g/mol. The summed E-state index contributed by atoms with van der Waals surface area (Å²) in [5, 5.41) is 13.4. The molecule has 18 heavy (non-hydrogen) atoms. The number of rotatable bonds is 3. The summed E-state index contributed by atoms with van der Waals surface area (Å²) < 4.78 is 1.01. The van der Waals surface area contributed by atoms with E-state index in [1.165, 1.54) is 4.80 Å². The molecule has 0 aliphatic rings. The summed E-state index contributed by atoms with van der Waals surface area (Å²) in [4.78, 5) is 17.6. The van der Waals surface area contributed by atoms with E-state index in [0.29, 0.717) is 11.4 Å². The number of pyridine rings is 1. The van der Waals surface area contributed by atoms with E-state index < -0.39 is 0 Å². The van der Waals surface area contributed by atoms with E-state index >= 15 is 0 Å². The predicted molar refractivity (Wildman–Crippen MR) is 66.5 cm³/mol. The Morgan fingerprint density at radius 3 is 3.17 bits per heavy atom. The number of fused-ring (bicyclic) bond motifs is 1. The van der Waals surface area contributed by atoms with Crippen LogP contribution in [0.2, 0.25) is 0 Å². The predicted octanol–water partition coefficient (Wildman–Crippen LogP) is 1.25. The molecule has 3 aromatic rings. The quantitative estimate of drug-likeness (QED) is 0.662. The fourth-order valence-electron chi connectivity index (χ4n) is 1.64. The molecule has 3 rings (SSSR count). The van der Waals surface area contributed by atoms with Crippen molar-refractivity contribution in [2.45, 2.75) is 6.42 Å². The number of Topliss-reactive ketones (excluding diaryl/α,β-unsaturated/α-hetero) is 1. The van der Waals surface area contributed by atoms with Gasteiger partial charge in [0.25, 0.3) is 0 Å². The highest BCUT2D eigenvalue weighted by Crippen LogP contribution is 2.19. The van der Waals surface area contributed by atoms with Gasteiger partial charge in [0.1, 0.15) is 0 Å². The van der Waals surface area contributed by atoms with E-state index in [1.807, 2.05) is 17.5 Å². The molecule has 0 N–H and O–H groups in total. The number of carbonyl (C=O) groups is 1. The maximum atomic E-state index is 12.0. The van der Waals surface area contributed by atoms with E-state index in [4.69, 9.17) is 0 Å². The molecule has 0 amide bonds. The summed E-state index contributed by atoms with van der Waals surface area (Å²) in [6.45, 7) is 0. The molecule has 0 aliphatic carbocycles. The topological polar surface area (TPSA) is 73.6 Å². The lowest BCUT2D eigenvalue weighted by molar-refractivity contribution is 0.0990. The SMILES string of the molecule is Cn1nnc(CC(=O)c2cnc3ccsc3c2)n1. The lowest BCUT2D eigenvalue weighted by atomic mass is 10.1. The molecule has 0 radical (unpaired) electrons. The fourth-order valence-corrected chi connectivity index (χ4v) is 2.42. The average molecular weight is 259 g/mol. The zero-order valence-electron chi connectivity index (χ0n) is 9.57. The van der Waals surface area contributed by atoms with Gasteiger partial charge in [-0.2, -0.15) is 4.80 Å². The first-order valence-corrected chi connectivity index (χ1v) is 6.19. The third-order valence-electron chi connectivity index (χ3n) is 2.49. The molecular weight excluding hydrogens is 250 g/mol. The van der Waals surface area contributed by atoms with Crippen LogP contribution in [0.1, 0.15) is 16.2 Å². The first-order valence-electron chi connectivity index (χ1n) is 5.32. The van der Waals surface area contributed by atoms with Crippen molar-refractivity contribution in [3.63, 3.8) is 0 Å². The van der Waals surface area contributed by atoms with Crippen LogP contribution in [0.15, 0.2) is 23.7 Å². The van der Waals surface area contributed by atoms with Gasteiger partial charge in [0.05, 0.1) is 23.7 Å². The van der Waals surface area contributed by atoms with Crippen molar-refractivity contribution in [1.82, 2.24) is 25.2 Å². The van der Waals surface area contributed by atoms with Crippen LogP contribution in [0.4, 0.5) is 0 Å². The molecule has 0 aliphatic heterocycles. The van der Waals surface area contributed by atoms with Crippen molar-refractivity contribution in [2.24, 2.45) is 7.05 Å². The fraction of sp³-hybridized carbons (Fsp3) is 0.182. The van der Waals surface area contributed by atoms with Crippen LogP contribution in [0.25, 0.3) is 10.2 Å². The Labute approximate surface area is 106 Å². The maximum Gasteiger partial charge on any atom is 0.182 e. The van der Waals surface area contributed by atoms with Gasteiger partial charge in [0.2, 0.25) is 0 Å². The molecule has 0 fully saturated rings. The van der Waals surface area contributed by atoms with Crippen LogP contribution in [-0.4, -0.2) is 31.0 Å². The van der Waals surface area contributed by atoms with E-state index in [9.17, 15) is 4.79 Å². The summed E-state index contributed by atoms with van der Waals surface area (Å²) in [5.41, 5.74) is 1.49. The average Bonchev–Trinajstić information content (AvgIpc) is 2.96. The lowest BCUT2D eigenvalue weighted by Gasteiger charge is -1.97. The molecule has 3 heterocycles. The summed E-state index contributed by atoms with van der Waals surface area (Å²) >= 11 is 1.57. The first-order chi connectivity index (χ1) is 8.72. The minimum Gasteiger partial charge on any atom is -0.294 e. The lowest BCUT2D eigenvalue weighted by Crippen LogP contribution is -2.06. The number of thiophene rings is 1. The van der Waals surface area contributed by atoms with Crippen molar-refractivity contribution in [3.8, 4) is 0 Å². The molecule has 7 heteroatoms. The second-order valence-electron chi connectivity index (χ2n) is 3.82. The summed E-state index contributed by atoms with van der Waals surface area (Å²) in [7, 11) is 1.67. The van der Waals surface area contributed by atoms with Gasteiger partial charge < -0.3 is 0 Å². The maximum absolute atomic E-state index is 12.0. The minimum absolute atomic E-state index is 0.0502. The Morgan fingerprint density at radius 2 is 2.39 bits per heavy atom. The minimum atomic E-state index is -0.0502. The van der Waals surface area contributed by atoms with Gasteiger partial charge in [-0.15, -0.1) is 21.5 Å². The van der Waals surface area contributed by atoms with Crippen molar-refractivity contribution in [3.05, 3.63) is 35.1 Å². The number of ketones is 1. The van der Waals surface area contributed by atoms with Crippen LogP contribution >= 0.6 is 11.3 Å². The zero-order chi connectivity index (χ0) is 12.5. The highest BCUT2D eigenvalue weighted by molar-refractivity contribution is 7.17. The van der Waals surface area contributed by atoms with Crippen LogP contribution < -0.4 is 0 Å². The van der Waals surface area contributed by atoms with Gasteiger partial charge in [-0.1, -0.05) is 0 Å². The van der Waals surface area contributed by atoms with Gasteiger partial charge in [0.15, 0.2) is 11.6 Å². The summed E-state index contributed by atoms with van der Waals surface area (Å²) in [5.74, 6) is 0.375. The third-order valence-corrected chi connectivity index (χ3v) is 3.35. The van der Waals surface area contributed by atoms with Gasteiger partial charge in [-0.25, -0.2) is 0 Å². The molecule has 0 bridgehead atoms. The molecule has 0 atom stereocenters. The number of aromatic nitrogens is 5. The van der Waals surface area contributed by atoms with Gasteiger partial charge in [0, 0.05) is 11.8 Å². The normalized spacial score (nSPS) is 10.9. The van der Waals surface area contributed by atoms with Gasteiger partial charge in [-0.05, 0) is 22.7 Å². The molecule has 0 saturated heterocycles. The number of carbonyl (C=O) groups excluding carboxylic acids is 1. The molecule has 0 unspecified atom stereocenters. The molecule has 0 aromatic carbocycles. The summed E-state index contributed by atoms with van der Waals surface area (Å²) in [6, 6.07) is 3.78. The highest BCUT2D eigenvalue weighted by atomic mass is 32.1. The van der Waals surface area contributed by atoms with Gasteiger partial charge >= 0.3 is 0 Å². The number of hydrogen-bond acceptors (Lipinski definition) is 6. The van der Waals surface area contributed by atoms with E-state index in [2.05, 4.69) is 20.4 Å². The molecule has 6 nitrogen and oxygen atoms in total. The first kappa shape index (κ1) is 11.0. The highest BCUT2D eigenvalue weighted by Gasteiger charge is 2.12. The molecular formula is C11H9N5OS. The second-order valence-corrected chi connectivity index (χ2v) is 4.77. The standard InChI is InChI=1S/C11H9N5OS/c1-16-14-11(13-15-16)5-9(17)7-4-10-8(12-6-7)2-3-18-10/h2-4,6H,5H2,1H3.